The maximum absolute atomic E-state index is 12.7. The van der Waals surface area contributed by atoms with E-state index in [9.17, 15) is 8.42 Å². The van der Waals surface area contributed by atoms with Crippen LogP contribution >= 0.6 is 11.6 Å². The zero-order chi connectivity index (χ0) is 17.2. The van der Waals surface area contributed by atoms with Crippen LogP contribution in [0, 0.1) is 6.92 Å². The van der Waals surface area contributed by atoms with E-state index >= 15 is 0 Å². The van der Waals surface area contributed by atoms with Crippen LogP contribution in [0.5, 0.6) is 0 Å². The molecule has 1 fully saturated rings. The molecular formula is C17H21ClN2O3S. The van der Waals surface area contributed by atoms with Gasteiger partial charge in [0.1, 0.15) is 5.76 Å². The average molecular weight is 369 g/mol. The van der Waals surface area contributed by atoms with E-state index in [-0.39, 0.29) is 17.5 Å². The third-order valence-corrected chi connectivity index (χ3v) is 6.40. The van der Waals surface area contributed by atoms with E-state index in [0.29, 0.717) is 10.6 Å². The summed E-state index contributed by atoms with van der Waals surface area (Å²) in [6.45, 7) is 3.87. The lowest BCUT2D eigenvalue weighted by atomic mass is 10.2. The minimum atomic E-state index is -3.63. The summed E-state index contributed by atoms with van der Waals surface area (Å²) in [5.74, 6) is 0.780. The number of nitrogens with zero attached hydrogens (tertiary/aromatic N) is 1. The Labute approximate surface area is 147 Å². The van der Waals surface area contributed by atoms with Crippen LogP contribution in [-0.4, -0.2) is 33.0 Å². The fourth-order valence-electron chi connectivity index (χ4n) is 3.09. The molecule has 0 radical (unpaired) electrons. The second-order valence-corrected chi connectivity index (χ2v) is 8.13. The summed E-state index contributed by atoms with van der Waals surface area (Å²) in [5.41, 5.74) is 0.558. The van der Waals surface area contributed by atoms with E-state index in [0.717, 1.165) is 31.7 Å². The van der Waals surface area contributed by atoms with Gasteiger partial charge >= 0.3 is 0 Å². The second kappa shape index (κ2) is 7.27. The Balaban J connectivity index is 1.80. The van der Waals surface area contributed by atoms with Crippen molar-refractivity contribution in [2.24, 2.45) is 0 Å². The number of rotatable bonds is 6. The first-order chi connectivity index (χ1) is 11.5. The molecule has 0 bridgehead atoms. The number of likely N-dealkylation sites (tertiary alicyclic amines) is 1. The van der Waals surface area contributed by atoms with Crippen molar-refractivity contribution in [2.45, 2.75) is 30.7 Å². The predicted molar refractivity (Wildman–Crippen MR) is 93.6 cm³/mol. The zero-order valence-corrected chi connectivity index (χ0v) is 15.1. The van der Waals surface area contributed by atoms with Crippen molar-refractivity contribution < 1.29 is 12.8 Å². The Bertz CT molecular complexity index is 784. The molecule has 0 amide bonds. The van der Waals surface area contributed by atoms with E-state index < -0.39 is 10.0 Å². The topological polar surface area (TPSA) is 62.6 Å². The van der Waals surface area contributed by atoms with Gasteiger partial charge in [0.15, 0.2) is 0 Å². The van der Waals surface area contributed by atoms with Crippen molar-refractivity contribution in [3.63, 3.8) is 0 Å². The molecule has 1 aromatic heterocycles. The van der Waals surface area contributed by atoms with Crippen LogP contribution in [0.2, 0.25) is 5.02 Å². The van der Waals surface area contributed by atoms with Crippen molar-refractivity contribution in [2.75, 3.05) is 19.6 Å². The molecule has 5 nitrogen and oxygen atoms in total. The summed E-state index contributed by atoms with van der Waals surface area (Å²) in [6, 6.07) is 8.52. The van der Waals surface area contributed by atoms with Crippen LogP contribution < -0.4 is 4.72 Å². The minimum Gasteiger partial charge on any atom is -0.468 e. The molecule has 1 saturated heterocycles. The lowest BCUT2D eigenvalue weighted by molar-refractivity contribution is 0.216. The predicted octanol–water partition coefficient (Wildman–Crippen LogP) is 3.36. The van der Waals surface area contributed by atoms with Gasteiger partial charge in [-0.3, -0.25) is 4.90 Å². The number of nitrogens with one attached hydrogen (secondary N) is 1. The van der Waals surface area contributed by atoms with E-state index in [1.54, 1.807) is 31.4 Å². The van der Waals surface area contributed by atoms with Crippen LogP contribution in [0.4, 0.5) is 0 Å². The monoisotopic (exact) mass is 368 g/mol. The molecule has 7 heteroatoms. The Morgan fingerprint density at radius 2 is 2.00 bits per heavy atom. The van der Waals surface area contributed by atoms with Crippen LogP contribution in [0.1, 0.15) is 30.2 Å². The summed E-state index contributed by atoms with van der Waals surface area (Å²) in [6.07, 6.45) is 3.86. The number of halogens is 1. The molecule has 1 N–H and O–H groups in total. The summed E-state index contributed by atoms with van der Waals surface area (Å²) in [4.78, 5) is 2.47. The van der Waals surface area contributed by atoms with Crippen LogP contribution in [-0.2, 0) is 10.0 Å². The maximum atomic E-state index is 12.7. The Morgan fingerprint density at radius 1 is 1.25 bits per heavy atom. The van der Waals surface area contributed by atoms with Crippen molar-refractivity contribution in [3.8, 4) is 0 Å². The molecule has 1 aliphatic heterocycles. The van der Waals surface area contributed by atoms with Gasteiger partial charge in [0.05, 0.1) is 17.2 Å². The molecule has 24 heavy (non-hydrogen) atoms. The standard InChI is InChI=1S/C17H21ClN2O3S/c1-13-14(18)6-4-8-17(13)24(21,22)19-12-15(16-7-5-11-23-16)20-9-2-3-10-20/h4-8,11,15,19H,2-3,9-10,12H2,1H3/t15-/m0/s1. The highest BCUT2D eigenvalue weighted by atomic mass is 35.5. The highest BCUT2D eigenvalue weighted by Crippen LogP contribution is 2.26. The van der Waals surface area contributed by atoms with Gasteiger partial charge in [0.25, 0.3) is 0 Å². The highest BCUT2D eigenvalue weighted by molar-refractivity contribution is 7.89. The molecule has 1 aromatic carbocycles. The first kappa shape index (κ1) is 17.5. The normalized spacial score (nSPS) is 17.2. The molecule has 3 rings (SSSR count). The Morgan fingerprint density at radius 3 is 2.67 bits per heavy atom. The molecule has 1 aliphatic rings. The van der Waals surface area contributed by atoms with Crippen LogP contribution in [0.3, 0.4) is 0 Å². The van der Waals surface area contributed by atoms with Gasteiger partial charge in [-0.05, 0) is 62.7 Å². The lowest BCUT2D eigenvalue weighted by Crippen LogP contribution is -2.36. The smallest absolute Gasteiger partial charge is 0.240 e. The van der Waals surface area contributed by atoms with E-state index in [1.807, 2.05) is 12.1 Å². The molecule has 130 valence electrons. The van der Waals surface area contributed by atoms with Gasteiger partial charge in [-0.15, -0.1) is 0 Å². The number of benzene rings is 1. The van der Waals surface area contributed by atoms with Crippen molar-refractivity contribution in [3.05, 3.63) is 52.9 Å². The second-order valence-electron chi connectivity index (χ2n) is 5.99. The third kappa shape index (κ3) is 3.67. The Kier molecular flexibility index (Phi) is 5.30. The SMILES string of the molecule is Cc1c(Cl)cccc1S(=O)(=O)NC[C@@H](c1ccco1)N1CCCC1. The van der Waals surface area contributed by atoms with E-state index in [2.05, 4.69) is 9.62 Å². The van der Waals surface area contributed by atoms with Crippen LogP contribution in [0.15, 0.2) is 45.9 Å². The van der Waals surface area contributed by atoms with Gasteiger partial charge in [-0.25, -0.2) is 13.1 Å². The summed E-state index contributed by atoms with van der Waals surface area (Å²) in [7, 11) is -3.63. The first-order valence-electron chi connectivity index (χ1n) is 8.01. The average Bonchev–Trinajstić information content (AvgIpc) is 3.24. The molecule has 1 atom stereocenters. The number of hydrogen-bond acceptors (Lipinski definition) is 4. The summed E-state index contributed by atoms with van der Waals surface area (Å²) >= 11 is 6.05. The largest absolute Gasteiger partial charge is 0.468 e. The van der Waals surface area contributed by atoms with Crippen molar-refractivity contribution >= 4 is 21.6 Å². The molecular weight excluding hydrogens is 348 g/mol. The molecule has 2 heterocycles. The van der Waals surface area contributed by atoms with E-state index in [1.165, 1.54) is 0 Å². The van der Waals surface area contributed by atoms with Crippen molar-refractivity contribution in [1.29, 1.82) is 0 Å². The number of sulfonamides is 1. The number of furan rings is 1. The van der Waals surface area contributed by atoms with E-state index in [4.69, 9.17) is 16.0 Å². The zero-order valence-electron chi connectivity index (χ0n) is 13.5. The molecule has 0 saturated carbocycles. The first-order valence-corrected chi connectivity index (χ1v) is 9.87. The molecule has 0 aliphatic carbocycles. The maximum Gasteiger partial charge on any atom is 0.240 e. The lowest BCUT2D eigenvalue weighted by Gasteiger charge is -2.26. The fraction of sp³-hybridized carbons (Fsp3) is 0.412. The summed E-state index contributed by atoms with van der Waals surface area (Å²) in [5, 5.41) is 0.444. The quantitative estimate of drug-likeness (QED) is 0.849. The van der Waals surface area contributed by atoms with Crippen molar-refractivity contribution in [1.82, 2.24) is 9.62 Å². The van der Waals surface area contributed by atoms with Crippen LogP contribution in [0.25, 0.3) is 0 Å². The highest BCUT2D eigenvalue weighted by Gasteiger charge is 2.28. The fourth-order valence-corrected chi connectivity index (χ4v) is 4.62. The van der Waals surface area contributed by atoms with Gasteiger partial charge in [0.2, 0.25) is 10.0 Å². The molecule has 0 unspecified atom stereocenters. The number of hydrogen-bond donors (Lipinski definition) is 1. The molecule has 2 aromatic rings. The summed E-state index contributed by atoms with van der Waals surface area (Å²) < 4.78 is 33.6. The minimum absolute atomic E-state index is 0.100. The van der Waals surface area contributed by atoms with Gasteiger partial charge in [-0.1, -0.05) is 17.7 Å². The third-order valence-electron chi connectivity index (χ3n) is 4.43. The Hall–Kier alpha value is -1.34. The molecule has 0 spiro atoms. The van der Waals surface area contributed by atoms with Gasteiger partial charge in [-0.2, -0.15) is 0 Å². The van der Waals surface area contributed by atoms with Gasteiger partial charge < -0.3 is 4.42 Å². The van der Waals surface area contributed by atoms with Gasteiger partial charge in [0, 0.05) is 11.6 Å².